The molecule has 0 saturated carbocycles. The van der Waals surface area contributed by atoms with Gasteiger partial charge in [0, 0.05) is 34.2 Å². The molecular formula is C23H32N4O2S2. The first kappa shape index (κ1) is 23.6. The largest absolute Gasteiger partial charge is 0.505 e. The molecule has 1 aliphatic rings. The molecule has 0 fully saturated rings. The normalized spacial score (nSPS) is 13.6. The summed E-state index contributed by atoms with van der Waals surface area (Å²) in [7, 11) is 0. The summed E-state index contributed by atoms with van der Waals surface area (Å²) < 4.78 is 4.76. The third-order valence-electron chi connectivity index (χ3n) is 5.62. The van der Waals surface area contributed by atoms with Crippen molar-refractivity contribution < 1.29 is 5.11 Å². The van der Waals surface area contributed by atoms with Gasteiger partial charge in [-0.1, -0.05) is 58.3 Å². The highest BCUT2D eigenvalue weighted by atomic mass is 32.2. The van der Waals surface area contributed by atoms with Crippen molar-refractivity contribution in [3.63, 3.8) is 0 Å². The van der Waals surface area contributed by atoms with Crippen molar-refractivity contribution in [3.8, 4) is 5.75 Å². The van der Waals surface area contributed by atoms with Crippen LogP contribution in [0, 0.1) is 5.92 Å². The molecule has 0 amide bonds. The molecule has 0 saturated heterocycles. The number of anilines is 2. The monoisotopic (exact) mass is 460 g/mol. The number of hydrogen-bond acceptors (Lipinski definition) is 7. The van der Waals surface area contributed by atoms with Gasteiger partial charge in [-0.05, 0) is 37.0 Å². The van der Waals surface area contributed by atoms with Gasteiger partial charge in [-0.25, -0.2) is 4.68 Å². The molecule has 0 bridgehead atoms. The summed E-state index contributed by atoms with van der Waals surface area (Å²) in [6.45, 7) is 10.9. The fourth-order valence-corrected chi connectivity index (χ4v) is 4.51. The van der Waals surface area contributed by atoms with Gasteiger partial charge in [0.15, 0.2) is 5.75 Å². The molecule has 0 spiro atoms. The van der Waals surface area contributed by atoms with E-state index >= 15 is 0 Å². The number of rotatable bonds is 8. The van der Waals surface area contributed by atoms with Gasteiger partial charge in [0.2, 0.25) is 0 Å². The minimum Gasteiger partial charge on any atom is -0.505 e. The van der Waals surface area contributed by atoms with Crippen LogP contribution in [0.2, 0.25) is 0 Å². The number of hydrogen-bond donors (Lipinski definition) is 3. The zero-order valence-electron chi connectivity index (χ0n) is 19.1. The SMILES string of the molecule is CCC(C)(C)c1nn(CCC(C)C)c(=O)c(C2=CSc3cc(NSC)ccc3N2)c1O. The Hall–Kier alpha value is -2.06. The lowest BCUT2D eigenvalue weighted by Crippen LogP contribution is -2.32. The van der Waals surface area contributed by atoms with Crippen LogP contribution in [0.4, 0.5) is 11.4 Å². The predicted molar refractivity (Wildman–Crippen MR) is 134 cm³/mol. The molecule has 6 nitrogen and oxygen atoms in total. The topological polar surface area (TPSA) is 79.2 Å². The number of nitrogens with one attached hydrogen (secondary N) is 2. The number of benzene rings is 1. The molecule has 1 aliphatic heterocycles. The number of aryl methyl sites for hydroxylation is 1. The van der Waals surface area contributed by atoms with E-state index in [1.807, 2.05) is 37.6 Å². The van der Waals surface area contributed by atoms with E-state index in [0.717, 1.165) is 29.1 Å². The number of aromatic hydroxyl groups is 1. The summed E-state index contributed by atoms with van der Waals surface area (Å²) in [6, 6.07) is 6.04. The Labute approximate surface area is 193 Å². The van der Waals surface area contributed by atoms with Crippen LogP contribution in [0.25, 0.3) is 5.70 Å². The molecular weight excluding hydrogens is 428 g/mol. The lowest BCUT2D eigenvalue weighted by atomic mass is 9.85. The third kappa shape index (κ3) is 5.06. The van der Waals surface area contributed by atoms with Crippen LogP contribution in [0.5, 0.6) is 5.75 Å². The van der Waals surface area contributed by atoms with Crippen molar-refractivity contribution in [1.82, 2.24) is 9.78 Å². The van der Waals surface area contributed by atoms with Gasteiger partial charge in [-0.3, -0.25) is 4.79 Å². The summed E-state index contributed by atoms with van der Waals surface area (Å²) >= 11 is 3.08. The minimum atomic E-state index is -0.356. The van der Waals surface area contributed by atoms with Crippen LogP contribution in [-0.4, -0.2) is 21.1 Å². The molecule has 1 aromatic carbocycles. The second-order valence-corrected chi connectivity index (χ2v) is 10.3. The van der Waals surface area contributed by atoms with Crippen LogP contribution in [0.15, 0.2) is 33.3 Å². The molecule has 8 heteroatoms. The Morgan fingerprint density at radius 2 is 2.10 bits per heavy atom. The Morgan fingerprint density at radius 3 is 2.74 bits per heavy atom. The summed E-state index contributed by atoms with van der Waals surface area (Å²) in [5.41, 5.74) is 2.77. The van der Waals surface area contributed by atoms with E-state index < -0.39 is 0 Å². The van der Waals surface area contributed by atoms with Crippen LogP contribution in [0.1, 0.15) is 58.7 Å². The van der Waals surface area contributed by atoms with E-state index in [1.54, 1.807) is 11.9 Å². The highest BCUT2D eigenvalue weighted by molar-refractivity contribution is 8.02. The average Bonchev–Trinajstić information content (AvgIpc) is 2.73. The average molecular weight is 461 g/mol. The van der Waals surface area contributed by atoms with E-state index in [4.69, 9.17) is 0 Å². The third-order valence-corrected chi connectivity index (χ3v) is 7.00. The van der Waals surface area contributed by atoms with Crippen LogP contribution < -0.4 is 15.6 Å². The van der Waals surface area contributed by atoms with Crippen molar-refractivity contribution >= 4 is 40.8 Å². The number of aromatic nitrogens is 2. The first-order chi connectivity index (χ1) is 14.7. The highest BCUT2D eigenvalue weighted by Crippen LogP contribution is 2.41. The molecule has 3 rings (SSSR count). The van der Waals surface area contributed by atoms with Crippen LogP contribution in [-0.2, 0) is 12.0 Å². The first-order valence-electron chi connectivity index (χ1n) is 10.6. The molecule has 1 aromatic heterocycles. The lowest BCUT2D eigenvalue weighted by molar-refractivity contribution is 0.384. The van der Waals surface area contributed by atoms with E-state index in [0.29, 0.717) is 29.4 Å². The molecule has 0 unspecified atom stereocenters. The number of fused-ring (bicyclic) bond motifs is 1. The summed E-state index contributed by atoms with van der Waals surface area (Å²) in [5.74, 6) is 0.424. The Bertz CT molecular complexity index is 1040. The molecule has 3 N–H and O–H groups in total. The minimum absolute atomic E-state index is 0.0267. The first-order valence-corrected chi connectivity index (χ1v) is 12.7. The molecule has 31 heavy (non-hydrogen) atoms. The molecule has 0 radical (unpaired) electrons. The Kier molecular flexibility index (Phi) is 7.31. The highest BCUT2D eigenvalue weighted by Gasteiger charge is 2.30. The second-order valence-electron chi connectivity index (χ2n) is 8.81. The standard InChI is InChI=1S/C23H32N4O2S2/c1-7-23(4,5)21-20(28)19(22(29)27(25-21)11-10-14(2)3)17-13-31-18-12-15(26-30-6)8-9-16(18)24-17/h8-9,12-14,24,26,28H,7,10-11H2,1-6H3. The molecule has 0 atom stereocenters. The van der Waals surface area contributed by atoms with Crippen molar-refractivity contribution in [2.75, 3.05) is 16.3 Å². The van der Waals surface area contributed by atoms with E-state index in [9.17, 15) is 9.90 Å². The summed E-state index contributed by atoms with van der Waals surface area (Å²) in [6.07, 6.45) is 3.62. The van der Waals surface area contributed by atoms with Gasteiger partial charge in [0.1, 0.15) is 11.3 Å². The Morgan fingerprint density at radius 1 is 1.35 bits per heavy atom. The van der Waals surface area contributed by atoms with Crippen LogP contribution >= 0.6 is 23.7 Å². The molecule has 2 heterocycles. The van der Waals surface area contributed by atoms with Gasteiger partial charge in [0.25, 0.3) is 5.56 Å². The quantitative estimate of drug-likeness (QED) is 0.424. The maximum absolute atomic E-state index is 13.4. The maximum atomic E-state index is 13.4. The number of thioether (sulfide) groups is 1. The van der Waals surface area contributed by atoms with Crippen molar-refractivity contribution in [2.45, 2.75) is 64.3 Å². The molecule has 0 aliphatic carbocycles. The van der Waals surface area contributed by atoms with E-state index in [-0.39, 0.29) is 16.7 Å². The smallest absolute Gasteiger partial charge is 0.279 e. The fourth-order valence-electron chi connectivity index (χ4n) is 3.28. The van der Waals surface area contributed by atoms with Gasteiger partial charge in [0.05, 0.1) is 11.4 Å². The van der Waals surface area contributed by atoms with E-state index in [1.165, 1.54) is 16.4 Å². The summed E-state index contributed by atoms with van der Waals surface area (Å²) in [4.78, 5) is 14.4. The maximum Gasteiger partial charge on any atom is 0.279 e. The van der Waals surface area contributed by atoms with Crippen molar-refractivity contribution in [1.29, 1.82) is 0 Å². The van der Waals surface area contributed by atoms with Gasteiger partial charge in [-0.15, -0.1) is 0 Å². The van der Waals surface area contributed by atoms with Crippen molar-refractivity contribution in [2.24, 2.45) is 5.92 Å². The van der Waals surface area contributed by atoms with E-state index in [2.05, 4.69) is 42.0 Å². The van der Waals surface area contributed by atoms with Crippen molar-refractivity contribution in [3.05, 3.63) is 45.2 Å². The second kappa shape index (κ2) is 9.61. The lowest BCUT2D eigenvalue weighted by Gasteiger charge is -2.26. The van der Waals surface area contributed by atoms with Crippen LogP contribution in [0.3, 0.4) is 0 Å². The van der Waals surface area contributed by atoms with Gasteiger partial charge in [-0.2, -0.15) is 5.10 Å². The number of nitrogens with zero attached hydrogens (tertiary/aromatic N) is 2. The summed E-state index contributed by atoms with van der Waals surface area (Å²) in [5, 5.41) is 21.0. The Balaban J connectivity index is 2.08. The predicted octanol–water partition coefficient (Wildman–Crippen LogP) is 5.89. The van der Waals surface area contributed by atoms with Gasteiger partial charge >= 0.3 is 0 Å². The molecule has 168 valence electrons. The molecule has 2 aromatic rings. The zero-order valence-corrected chi connectivity index (χ0v) is 20.7. The fraction of sp³-hybridized carbons (Fsp3) is 0.478. The van der Waals surface area contributed by atoms with Gasteiger partial charge < -0.3 is 15.1 Å². The zero-order chi connectivity index (χ0) is 22.8.